The first kappa shape index (κ1) is 30.9. The second-order valence-corrected chi connectivity index (χ2v) is 11.0. The van der Waals surface area contributed by atoms with Gasteiger partial charge in [0.15, 0.2) is 5.82 Å². The highest BCUT2D eigenvalue weighted by Crippen LogP contribution is 2.32. The maximum Gasteiger partial charge on any atom is 0.326 e. The van der Waals surface area contributed by atoms with E-state index in [-0.39, 0.29) is 5.56 Å². The Balaban J connectivity index is 1.65. The number of benzene rings is 2. The summed E-state index contributed by atoms with van der Waals surface area (Å²) < 4.78 is 12.9. The molecule has 3 N–H and O–H groups in total. The number of fused-ring (bicyclic) bond motifs is 1. The lowest BCUT2D eigenvalue weighted by Crippen LogP contribution is -2.57. The van der Waals surface area contributed by atoms with Crippen molar-refractivity contribution in [2.45, 2.75) is 31.9 Å². The molecule has 3 aromatic rings. The van der Waals surface area contributed by atoms with Crippen LogP contribution in [0.25, 0.3) is 10.9 Å². The molecule has 44 heavy (non-hydrogen) atoms. The Bertz CT molecular complexity index is 1660. The number of nitrogens with zero attached hydrogens (tertiary/aromatic N) is 5. The van der Waals surface area contributed by atoms with Gasteiger partial charge in [0, 0.05) is 37.3 Å². The van der Waals surface area contributed by atoms with Gasteiger partial charge in [-0.1, -0.05) is 29.8 Å². The van der Waals surface area contributed by atoms with Gasteiger partial charge in [-0.15, -0.1) is 0 Å². The summed E-state index contributed by atoms with van der Waals surface area (Å²) in [6.07, 6.45) is 4.33. The monoisotopic (exact) mass is 621 g/mol. The van der Waals surface area contributed by atoms with Crippen LogP contribution >= 0.6 is 11.6 Å². The minimum atomic E-state index is -0.762. The number of methoxy groups -OCH3 is 2. The predicted molar refractivity (Wildman–Crippen MR) is 169 cm³/mol. The lowest BCUT2D eigenvalue weighted by Gasteiger charge is -2.39. The molecule has 2 heterocycles. The smallest absolute Gasteiger partial charge is 0.326 e. The highest BCUT2D eigenvalue weighted by Gasteiger charge is 2.35. The lowest BCUT2D eigenvalue weighted by molar-refractivity contribution is 0.0912. The van der Waals surface area contributed by atoms with Gasteiger partial charge in [-0.05, 0) is 55.8 Å². The minimum absolute atomic E-state index is 0.278. The van der Waals surface area contributed by atoms with Gasteiger partial charge >= 0.3 is 12.1 Å². The van der Waals surface area contributed by atoms with E-state index < -0.39 is 24.2 Å². The van der Waals surface area contributed by atoms with Crippen LogP contribution in [0, 0.1) is 0 Å². The molecule has 2 aliphatic rings. The molecule has 12 nitrogen and oxygen atoms in total. The summed E-state index contributed by atoms with van der Waals surface area (Å²) in [5, 5.41) is 5.71. The Kier molecular flexibility index (Phi) is 9.40. The number of nitrogens with two attached hydrogens (primary N) is 1. The zero-order chi connectivity index (χ0) is 31.4. The largest absolute Gasteiger partial charge is 0.501 e. The quantitative estimate of drug-likeness (QED) is 0.404. The van der Waals surface area contributed by atoms with Crippen LogP contribution in [0.1, 0.15) is 31.6 Å². The average Bonchev–Trinajstić information content (AvgIpc) is 3.23. The summed E-state index contributed by atoms with van der Waals surface area (Å²) in [5.74, 6) is 1.09. The van der Waals surface area contributed by atoms with E-state index in [0.29, 0.717) is 72.2 Å². The third-order valence-electron chi connectivity index (χ3n) is 7.93. The van der Waals surface area contributed by atoms with Crippen molar-refractivity contribution < 1.29 is 19.1 Å². The van der Waals surface area contributed by atoms with Crippen LogP contribution in [-0.4, -0.2) is 78.0 Å². The number of urea groups is 2. The van der Waals surface area contributed by atoms with Gasteiger partial charge in [-0.2, -0.15) is 0 Å². The SMILES string of the molecule is COC1=CC=C(N(C(=O)Nc2cccc(Cl)c2)C(C)c2nc3ccccc3c(=O)n2N2CCN(C(N)=O)CC2)C(OC)CC1. The number of piperazine rings is 1. The summed E-state index contributed by atoms with van der Waals surface area (Å²) in [6.45, 7) is 3.19. The molecule has 0 bridgehead atoms. The number of rotatable bonds is 7. The Morgan fingerprint density at radius 2 is 1.84 bits per heavy atom. The molecule has 2 atom stereocenters. The second-order valence-electron chi connectivity index (χ2n) is 10.6. The number of allylic oxidation sites excluding steroid dienone is 3. The maximum atomic E-state index is 14.3. The van der Waals surface area contributed by atoms with Crippen molar-refractivity contribution >= 4 is 40.3 Å². The number of hydrogen-bond donors (Lipinski definition) is 2. The van der Waals surface area contributed by atoms with E-state index in [1.165, 1.54) is 9.58 Å². The van der Waals surface area contributed by atoms with Crippen LogP contribution in [0.3, 0.4) is 0 Å². The van der Waals surface area contributed by atoms with Crippen LogP contribution in [0.2, 0.25) is 5.02 Å². The molecule has 1 aliphatic carbocycles. The van der Waals surface area contributed by atoms with E-state index in [0.717, 1.165) is 5.76 Å². The number of amides is 4. The van der Waals surface area contributed by atoms with Crippen molar-refractivity contribution in [3.8, 4) is 0 Å². The molecular weight excluding hydrogens is 586 g/mol. The maximum absolute atomic E-state index is 14.3. The molecule has 232 valence electrons. The zero-order valence-corrected chi connectivity index (χ0v) is 25.7. The fraction of sp³-hybridized carbons (Fsp3) is 0.355. The van der Waals surface area contributed by atoms with E-state index in [9.17, 15) is 14.4 Å². The molecule has 2 unspecified atom stereocenters. The first-order valence-corrected chi connectivity index (χ1v) is 14.7. The van der Waals surface area contributed by atoms with Gasteiger partial charge in [-0.3, -0.25) is 9.69 Å². The molecule has 2 aromatic carbocycles. The van der Waals surface area contributed by atoms with Crippen LogP contribution in [-0.2, 0) is 9.47 Å². The van der Waals surface area contributed by atoms with Gasteiger partial charge in [0.05, 0.1) is 54.7 Å². The fourth-order valence-corrected chi connectivity index (χ4v) is 5.81. The van der Waals surface area contributed by atoms with Crippen molar-refractivity contribution in [1.82, 2.24) is 19.5 Å². The number of aromatic nitrogens is 2. The number of carbonyl (C=O) groups is 2. The Morgan fingerprint density at radius 1 is 1.09 bits per heavy atom. The number of hydrogen-bond acceptors (Lipinski definition) is 7. The molecule has 1 aromatic heterocycles. The molecule has 1 aliphatic heterocycles. The Morgan fingerprint density at radius 3 is 2.52 bits per heavy atom. The molecule has 1 saturated heterocycles. The lowest BCUT2D eigenvalue weighted by atomic mass is 10.1. The highest BCUT2D eigenvalue weighted by atomic mass is 35.5. The number of para-hydroxylation sites is 1. The first-order valence-electron chi connectivity index (χ1n) is 14.4. The normalized spacial score (nSPS) is 17.8. The third kappa shape index (κ3) is 6.36. The third-order valence-corrected chi connectivity index (χ3v) is 8.17. The summed E-state index contributed by atoms with van der Waals surface area (Å²) in [4.78, 5) is 48.2. The minimum Gasteiger partial charge on any atom is -0.501 e. The summed E-state index contributed by atoms with van der Waals surface area (Å²) in [5.41, 5.74) is 6.81. The molecule has 5 rings (SSSR count). The average molecular weight is 622 g/mol. The Hall–Kier alpha value is -4.55. The van der Waals surface area contributed by atoms with Crippen LogP contribution < -0.4 is 21.6 Å². The standard InChI is InChI=1S/C31H36ClN7O5/c1-20(28-35-25-10-5-4-9-24(25)29(40)39(28)37-17-15-36(16-18-37)30(33)41)38(31(42)34-22-8-6-7-21(32)19-22)26-13-11-23(43-2)12-14-27(26)44-3/h4-11,13,19-20,27H,12,14-18H2,1-3H3,(H2,33,41)(H,34,42). The Labute approximate surface area is 260 Å². The summed E-state index contributed by atoms with van der Waals surface area (Å²) >= 11 is 6.22. The van der Waals surface area contributed by atoms with Gasteiger partial charge < -0.3 is 30.4 Å². The summed E-state index contributed by atoms with van der Waals surface area (Å²) in [7, 11) is 3.20. The number of ether oxygens (including phenoxy) is 2. The van der Waals surface area contributed by atoms with Crippen molar-refractivity contribution in [2.24, 2.45) is 5.73 Å². The van der Waals surface area contributed by atoms with Crippen LogP contribution in [0.4, 0.5) is 15.3 Å². The van der Waals surface area contributed by atoms with Crippen molar-refractivity contribution in [2.75, 3.05) is 50.7 Å². The zero-order valence-electron chi connectivity index (χ0n) is 24.9. The van der Waals surface area contributed by atoms with Crippen LogP contribution in [0.15, 0.2) is 76.9 Å². The van der Waals surface area contributed by atoms with Crippen molar-refractivity contribution in [3.05, 3.63) is 93.3 Å². The topological polar surface area (TPSA) is 135 Å². The van der Waals surface area contributed by atoms with E-state index >= 15 is 0 Å². The van der Waals surface area contributed by atoms with Crippen molar-refractivity contribution in [1.29, 1.82) is 0 Å². The van der Waals surface area contributed by atoms with E-state index in [1.807, 2.05) is 30.2 Å². The van der Waals surface area contributed by atoms with Crippen LogP contribution in [0.5, 0.6) is 0 Å². The molecule has 4 amide bonds. The van der Waals surface area contributed by atoms with E-state index in [2.05, 4.69) is 5.32 Å². The molecule has 0 saturated carbocycles. The molecule has 0 radical (unpaired) electrons. The van der Waals surface area contributed by atoms with Gasteiger partial charge in [0.2, 0.25) is 0 Å². The van der Waals surface area contributed by atoms with Gasteiger partial charge in [-0.25, -0.2) is 19.2 Å². The molecular formula is C31H36ClN7O5. The molecule has 0 spiro atoms. The predicted octanol–water partition coefficient (Wildman–Crippen LogP) is 4.20. The number of halogens is 1. The van der Waals surface area contributed by atoms with Gasteiger partial charge in [0.25, 0.3) is 5.56 Å². The van der Waals surface area contributed by atoms with E-state index in [1.54, 1.807) is 61.6 Å². The summed E-state index contributed by atoms with van der Waals surface area (Å²) in [6, 6.07) is 12.2. The molecule has 13 heteroatoms. The highest BCUT2D eigenvalue weighted by molar-refractivity contribution is 6.30. The van der Waals surface area contributed by atoms with Crippen molar-refractivity contribution in [3.63, 3.8) is 0 Å². The first-order chi connectivity index (χ1) is 21.2. The van der Waals surface area contributed by atoms with E-state index in [4.69, 9.17) is 31.8 Å². The second kappa shape index (κ2) is 13.4. The number of anilines is 1. The van der Waals surface area contributed by atoms with Gasteiger partial charge in [0.1, 0.15) is 0 Å². The molecule has 1 fully saturated rings. The number of nitrogens with one attached hydrogen (secondary N) is 1. The number of primary amides is 1. The fourth-order valence-electron chi connectivity index (χ4n) is 5.62. The number of carbonyl (C=O) groups excluding carboxylic acids is 2.